The van der Waals surface area contributed by atoms with Crippen LogP contribution < -0.4 is 4.90 Å². The Hall–Kier alpha value is -5.08. The SMILES string of the molecule is CN(CCOCc1ccc2c(c1)C(=O)N(c1cc(-c3ccc(C#N)cc3-c3nncn3C)cc(C3CC3)n1)C2)C(=O)O. The van der Waals surface area contributed by atoms with Crippen molar-refractivity contribution < 1.29 is 19.4 Å². The molecule has 1 fully saturated rings. The lowest BCUT2D eigenvalue weighted by Crippen LogP contribution is -2.28. The number of likely N-dealkylation sites (N-methyl/N-ethyl adjacent to an activating group) is 1. The van der Waals surface area contributed by atoms with E-state index in [9.17, 15) is 14.9 Å². The molecule has 0 saturated heterocycles. The van der Waals surface area contributed by atoms with E-state index in [1.54, 1.807) is 17.3 Å². The number of amides is 2. The third kappa shape index (κ3) is 5.32. The van der Waals surface area contributed by atoms with E-state index in [1.165, 1.54) is 7.05 Å². The molecule has 2 amide bonds. The van der Waals surface area contributed by atoms with E-state index in [4.69, 9.17) is 14.8 Å². The molecule has 2 aliphatic rings. The summed E-state index contributed by atoms with van der Waals surface area (Å²) in [5, 5.41) is 26.9. The second kappa shape index (κ2) is 11.1. The summed E-state index contributed by atoms with van der Waals surface area (Å²) in [4.78, 5) is 32.4. The van der Waals surface area contributed by atoms with E-state index in [-0.39, 0.29) is 25.7 Å². The third-order valence-electron chi connectivity index (χ3n) is 7.66. The van der Waals surface area contributed by atoms with Crippen LogP contribution >= 0.6 is 0 Å². The van der Waals surface area contributed by atoms with Crippen molar-refractivity contribution in [1.82, 2.24) is 24.6 Å². The summed E-state index contributed by atoms with van der Waals surface area (Å²) < 4.78 is 7.47. The number of nitriles is 1. The quantitative estimate of drug-likeness (QED) is 0.292. The maximum Gasteiger partial charge on any atom is 0.407 e. The largest absolute Gasteiger partial charge is 0.465 e. The van der Waals surface area contributed by atoms with Crippen LogP contribution in [0.3, 0.4) is 0 Å². The lowest BCUT2D eigenvalue weighted by atomic mass is 9.96. The van der Waals surface area contributed by atoms with Crippen molar-refractivity contribution in [2.45, 2.75) is 31.9 Å². The molecule has 0 radical (unpaired) electrons. The van der Waals surface area contributed by atoms with E-state index in [1.807, 2.05) is 48.0 Å². The molecule has 2 aromatic heterocycles. The van der Waals surface area contributed by atoms with E-state index in [2.05, 4.69) is 22.3 Å². The molecule has 0 unspecified atom stereocenters. The second-order valence-corrected chi connectivity index (χ2v) is 10.7. The highest BCUT2D eigenvalue weighted by Gasteiger charge is 2.32. The summed E-state index contributed by atoms with van der Waals surface area (Å²) in [7, 11) is 3.35. The Morgan fingerprint density at radius 2 is 1.98 bits per heavy atom. The number of aromatic nitrogens is 4. The Morgan fingerprint density at radius 1 is 1.14 bits per heavy atom. The minimum atomic E-state index is -1.01. The molecule has 11 nitrogen and oxygen atoms in total. The van der Waals surface area contributed by atoms with Gasteiger partial charge in [-0.3, -0.25) is 9.69 Å². The summed E-state index contributed by atoms with van der Waals surface area (Å²) in [5.74, 6) is 1.45. The molecular formula is C31H29N7O4. The predicted octanol–water partition coefficient (Wildman–Crippen LogP) is 4.58. The first-order chi connectivity index (χ1) is 20.3. The number of ether oxygens (including phenoxy) is 1. The zero-order valence-electron chi connectivity index (χ0n) is 23.3. The fourth-order valence-corrected chi connectivity index (χ4v) is 5.11. The number of carboxylic acid groups (broad SMARTS) is 1. The first kappa shape index (κ1) is 27.1. The maximum absolute atomic E-state index is 13.7. The van der Waals surface area contributed by atoms with E-state index < -0.39 is 6.09 Å². The normalized spacial score (nSPS) is 14.1. The van der Waals surface area contributed by atoms with Gasteiger partial charge in [0.25, 0.3) is 5.91 Å². The van der Waals surface area contributed by atoms with Crippen molar-refractivity contribution in [2.75, 3.05) is 25.1 Å². The van der Waals surface area contributed by atoms with Gasteiger partial charge < -0.3 is 19.3 Å². The molecule has 1 N–H and O–H groups in total. The Balaban J connectivity index is 1.30. The van der Waals surface area contributed by atoms with E-state index in [0.29, 0.717) is 35.2 Å². The van der Waals surface area contributed by atoms with Gasteiger partial charge in [0.1, 0.15) is 12.1 Å². The molecule has 1 aliphatic carbocycles. The molecule has 11 heteroatoms. The van der Waals surface area contributed by atoms with Gasteiger partial charge >= 0.3 is 6.09 Å². The number of hydrogen-bond acceptors (Lipinski definition) is 7. The van der Waals surface area contributed by atoms with Crippen LogP contribution in [0.5, 0.6) is 0 Å². The van der Waals surface area contributed by atoms with Crippen LogP contribution in [0.2, 0.25) is 0 Å². The van der Waals surface area contributed by atoms with Crippen molar-refractivity contribution in [1.29, 1.82) is 5.26 Å². The number of rotatable bonds is 9. The van der Waals surface area contributed by atoms with Crippen molar-refractivity contribution >= 4 is 17.8 Å². The molecule has 42 heavy (non-hydrogen) atoms. The number of anilines is 1. The Kier molecular flexibility index (Phi) is 7.14. The van der Waals surface area contributed by atoms with Gasteiger partial charge in [-0.1, -0.05) is 18.2 Å². The van der Waals surface area contributed by atoms with Gasteiger partial charge in [0, 0.05) is 43.4 Å². The van der Waals surface area contributed by atoms with Crippen molar-refractivity contribution in [3.05, 3.63) is 82.8 Å². The third-order valence-corrected chi connectivity index (χ3v) is 7.66. The maximum atomic E-state index is 13.7. The first-order valence-electron chi connectivity index (χ1n) is 13.7. The fraction of sp³-hybridized carbons (Fsp3) is 0.290. The van der Waals surface area contributed by atoms with Crippen LogP contribution in [-0.4, -0.2) is 62.0 Å². The summed E-state index contributed by atoms with van der Waals surface area (Å²) in [6, 6.07) is 17.4. The average Bonchev–Trinajstić information content (AvgIpc) is 3.69. The van der Waals surface area contributed by atoms with E-state index in [0.717, 1.165) is 51.3 Å². The number of carbonyl (C=O) groups is 2. The summed E-state index contributed by atoms with van der Waals surface area (Å²) >= 11 is 0. The van der Waals surface area contributed by atoms with Crippen LogP contribution in [-0.2, 0) is 24.9 Å². The predicted molar refractivity (Wildman–Crippen MR) is 154 cm³/mol. The molecule has 3 heterocycles. The van der Waals surface area contributed by atoms with Crippen molar-refractivity contribution in [3.63, 3.8) is 0 Å². The highest BCUT2D eigenvalue weighted by molar-refractivity contribution is 6.10. The Bertz CT molecular complexity index is 1740. The zero-order valence-corrected chi connectivity index (χ0v) is 23.3. The van der Waals surface area contributed by atoms with Crippen LogP contribution in [0.4, 0.5) is 10.6 Å². The summed E-state index contributed by atoms with van der Waals surface area (Å²) in [6.07, 6.45) is 2.73. The van der Waals surface area contributed by atoms with Gasteiger partial charge in [-0.05, 0) is 65.4 Å². The molecule has 1 aliphatic heterocycles. The summed E-state index contributed by atoms with van der Waals surface area (Å²) in [5.41, 5.74) is 6.38. The molecule has 0 spiro atoms. The van der Waals surface area contributed by atoms with Gasteiger partial charge in [-0.25, -0.2) is 9.78 Å². The fourth-order valence-electron chi connectivity index (χ4n) is 5.11. The van der Waals surface area contributed by atoms with Crippen LogP contribution in [0.15, 0.2) is 54.9 Å². The molecule has 2 aromatic carbocycles. The molecule has 1 saturated carbocycles. The van der Waals surface area contributed by atoms with Crippen LogP contribution in [0.25, 0.3) is 22.5 Å². The van der Waals surface area contributed by atoms with Crippen LogP contribution in [0, 0.1) is 11.3 Å². The minimum Gasteiger partial charge on any atom is -0.465 e. The topological polar surface area (TPSA) is 137 Å². The number of fused-ring (bicyclic) bond motifs is 1. The molecule has 0 bridgehead atoms. The van der Waals surface area contributed by atoms with Gasteiger partial charge in [0.15, 0.2) is 5.82 Å². The molecule has 6 rings (SSSR count). The highest BCUT2D eigenvalue weighted by atomic mass is 16.5. The number of carbonyl (C=O) groups excluding carboxylic acids is 1. The molecule has 4 aromatic rings. The molecule has 212 valence electrons. The zero-order chi connectivity index (χ0) is 29.4. The van der Waals surface area contributed by atoms with Crippen LogP contribution in [0.1, 0.15) is 51.5 Å². The van der Waals surface area contributed by atoms with Crippen molar-refractivity contribution in [2.24, 2.45) is 7.05 Å². The number of benzene rings is 2. The standard InChI is InChI=1S/C31H29N7O4/c1-36(31(40)41)9-10-42-17-20-3-5-22-16-38(30(39)25(22)12-20)28-14-23(13-27(34-28)21-6-7-21)24-8-4-19(15-32)11-26(24)29-35-33-18-37(29)2/h3-5,8,11-14,18,21H,6-7,9-10,16-17H2,1-2H3,(H,40,41). The average molecular weight is 564 g/mol. The van der Waals surface area contributed by atoms with Gasteiger partial charge in [0.05, 0.1) is 31.4 Å². The van der Waals surface area contributed by atoms with Crippen molar-refractivity contribution in [3.8, 4) is 28.6 Å². The van der Waals surface area contributed by atoms with Gasteiger partial charge in [0.2, 0.25) is 0 Å². The monoisotopic (exact) mass is 563 g/mol. The minimum absolute atomic E-state index is 0.128. The second-order valence-electron chi connectivity index (χ2n) is 10.7. The molecular weight excluding hydrogens is 534 g/mol. The lowest BCUT2D eigenvalue weighted by Gasteiger charge is -2.18. The van der Waals surface area contributed by atoms with Gasteiger partial charge in [-0.2, -0.15) is 5.26 Å². The lowest BCUT2D eigenvalue weighted by molar-refractivity contribution is 0.0931. The molecule has 0 atom stereocenters. The van der Waals surface area contributed by atoms with E-state index >= 15 is 0 Å². The number of nitrogens with zero attached hydrogens (tertiary/aromatic N) is 7. The number of pyridine rings is 1. The number of hydrogen-bond donors (Lipinski definition) is 1. The van der Waals surface area contributed by atoms with Gasteiger partial charge in [-0.15, -0.1) is 10.2 Å². The highest BCUT2D eigenvalue weighted by Crippen LogP contribution is 2.43. The Labute approximate surface area is 242 Å². The number of aryl methyl sites for hydroxylation is 1. The summed E-state index contributed by atoms with van der Waals surface area (Å²) in [6.45, 7) is 1.20. The smallest absolute Gasteiger partial charge is 0.407 e. The Morgan fingerprint density at radius 3 is 2.69 bits per heavy atom. The first-order valence-corrected chi connectivity index (χ1v) is 13.7.